The smallest absolute Gasteiger partial charge is 0.163 e. The van der Waals surface area contributed by atoms with Crippen LogP contribution < -0.4 is 5.32 Å². The highest BCUT2D eigenvalue weighted by molar-refractivity contribution is 6.64. The average molecular weight is 292 g/mol. The molecule has 0 radical (unpaired) electrons. The van der Waals surface area contributed by atoms with Gasteiger partial charge in [0.05, 0.1) is 0 Å². The SMILES string of the molecule is BC(=N)c1cc(C#CC2CCC2)ccc1NC1CCCCC1. The number of hydrogen-bond donors (Lipinski definition) is 2. The Morgan fingerprint density at radius 2 is 1.86 bits per heavy atom. The number of nitrogens with one attached hydrogen (secondary N) is 2. The van der Waals surface area contributed by atoms with E-state index in [-0.39, 0.29) is 0 Å². The summed E-state index contributed by atoms with van der Waals surface area (Å²) in [7, 11) is 1.87. The molecule has 3 rings (SSSR count). The maximum Gasteiger partial charge on any atom is 0.163 e. The highest BCUT2D eigenvalue weighted by Gasteiger charge is 2.16. The molecule has 0 bridgehead atoms. The second-order valence-corrected chi connectivity index (χ2v) is 6.76. The van der Waals surface area contributed by atoms with Gasteiger partial charge in [0.25, 0.3) is 0 Å². The van der Waals surface area contributed by atoms with Crippen LogP contribution in [0.5, 0.6) is 0 Å². The van der Waals surface area contributed by atoms with E-state index in [1.807, 2.05) is 7.85 Å². The Kier molecular flexibility index (Phi) is 4.88. The largest absolute Gasteiger partial charge is 0.382 e. The maximum atomic E-state index is 8.07. The van der Waals surface area contributed by atoms with Gasteiger partial charge >= 0.3 is 0 Å². The summed E-state index contributed by atoms with van der Waals surface area (Å²) in [6.07, 6.45) is 10.3. The molecule has 0 unspecified atom stereocenters. The molecule has 2 aliphatic carbocycles. The molecule has 2 fully saturated rings. The summed E-state index contributed by atoms with van der Waals surface area (Å²) in [4.78, 5) is 0. The summed E-state index contributed by atoms with van der Waals surface area (Å²) in [5.74, 6) is 7.26. The topological polar surface area (TPSA) is 35.9 Å². The molecule has 0 amide bonds. The van der Waals surface area contributed by atoms with Gasteiger partial charge in [-0.05, 0) is 49.5 Å². The van der Waals surface area contributed by atoms with Gasteiger partial charge in [-0.3, -0.25) is 0 Å². The summed E-state index contributed by atoms with van der Waals surface area (Å²) in [6, 6.07) is 6.87. The quantitative estimate of drug-likeness (QED) is 0.499. The van der Waals surface area contributed by atoms with E-state index in [0.717, 1.165) is 16.8 Å². The first kappa shape index (κ1) is 15.2. The summed E-state index contributed by atoms with van der Waals surface area (Å²) >= 11 is 0. The van der Waals surface area contributed by atoms with Crippen molar-refractivity contribution in [2.24, 2.45) is 5.92 Å². The molecular formula is C19H25BN2. The van der Waals surface area contributed by atoms with Crippen LogP contribution in [0.1, 0.15) is 62.5 Å². The van der Waals surface area contributed by atoms with Crippen LogP contribution in [0.15, 0.2) is 18.2 Å². The molecule has 3 heteroatoms. The zero-order chi connectivity index (χ0) is 15.4. The summed E-state index contributed by atoms with van der Waals surface area (Å²) in [5, 5.41) is 11.7. The summed E-state index contributed by atoms with van der Waals surface area (Å²) in [5.41, 5.74) is 3.77. The highest BCUT2D eigenvalue weighted by Crippen LogP contribution is 2.26. The Hall–Kier alpha value is -1.69. The van der Waals surface area contributed by atoms with E-state index in [9.17, 15) is 0 Å². The molecule has 0 aromatic heterocycles. The third-order valence-corrected chi connectivity index (χ3v) is 4.91. The Morgan fingerprint density at radius 3 is 2.50 bits per heavy atom. The predicted molar refractivity (Wildman–Crippen MR) is 96.5 cm³/mol. The Bertz CT molecular complexity index is 602. The van der Waals surface area contributed by atoms with Crippen molar-refractivity contribution in [3.63, 3.8) is 0 Å². The van der Waals surface area contributed by atoms with Crippen LogP contribution in [0.2, 0.25) is 0 Å². The van der Waals surface area contributed by atoms with Crippen molar-refractivity contribution >= 4 is 19.1 Å². The minimum atomic E-state index is 0.568. The number of hydrogen-bond acceptors (Lipinski definition) is 2. The van der Waals surface area contributed by atoms with E-state index in [4.69, 9.17) is 5.41 Å². The zero-order valence-corrected chi connectivity index (χ0v) is 13.5. The van der Waals surface area contributed by atoms with Gasteiger partial charge in [-0.25, -0.2) is 0 Å². The summed E-state index contributed by atoms with van der Waals surface area (Å²) < 4.78 is 0. The first-order valence-corrected chi connectivity index (χ1v) is 8.70. The van der Waals surface area contributed by atoms with Gasteiger partial charge in [0, 0.05) is 28.8 Å². The van der Waals surface area contributed by atoms with E-state index >= 15 is 0 Å². The van der Waals surface area contributed by atoms with E-state index in [1.165, 1.54) is 51.4 Å². The second kappa shape index (κ2) is 7.05. The van der Waals surface area contributed by atoms with Crippen LogP contribution in [0.4, 0.5) is 5.69 Å². The Labute approximate surface area is 135 Å². The molecule has 2 saturated carbocycles. The lowest BCUT2D eigenvalue weighted by atomic mass is 9.86. The lowest BCUT2D eigenvalue weighted by Gasteiger charge is -2.25. The Morgan fingerprint density at radius 1 is 1.09 bits per heavy atom. The minimum Gasteiger partial charge on any atom is -0.382 e. The molecular weight excluding hydrogens is 267 g/mol. The van der Waals surface area contributed by atoms with Crippen LogP contribution in [-0.4, -0.2) is 19.5 Å². The molecule has 1 aromatic carbocycles. The zero-order valence-electron chi connectivity index (χ0n) is 13.5. The molecule has 1 aromatic rings. The van der Waals surface area contributed by atoms with Gasteiger partial charge in [-0.2, -0.15) is 0 Å². The van der Waals surface area contributed by atoms with Crippen molar-refractivity contribution in [3.8, 4) is 11.8 Å². The molecule has 2 aliphatic rings. The van der Waals surface area contributed by atoms with Gasteiger partial charge in [-0.15, -0.1) is 0 Å². The van der Waals surface area contributed by atoms with E-state index in [0.29, 0.717) is 17.6 Å². The van der Waals surface area contributed by atoms with Gasteiger partial charge in [0.1, 0.15) is 0 Å². The number of rotatable bonds is 3. The molecule has 2 N–H and O–H groups in total. The van der Waals surface area contributed by atoms with Crippen molar-refractivity contribution in [3.05, 3.63) is 29.3 Å². The third kappa shape index (κ3) is 3.74. The monoisotopic (exact) mass is 292 g/mol. The van der Waals surface area contributed by atoms with Crippen LogP contribution >= 0.6 is 0 Å². The fourth-order valence-electron chi connectivity index (χ4n) is 3.26. The molecule has 2 nitrogen and oxygen atoms in total. The van der Waals surface area contributed by atoms with Gasteiger partial charge in [-0.1, -0.05) is 37.5 Å². The molecule has 0 atom stereocenters. The average Bonchev–Trinajstić information content (AvgIpc) is 2.48. The van der Waals surface area contributed by atoms with Crippen molar-refractivity contribution in [2.75, 3.05) is 5.32 Å². The van der Waals surface area contributed by atoms with E-state index in [1.54, 1.807) is 0 Å². The first-order chi connectivity index (χ1) is 10.7. The fourth-order valence-corrected chi connectivity index (χ4v) is 3.26. The van der Waals surface area contributed by atoms with Gasteiger partial charge in [0.2, 0.25) is 0 Å². The van der Waals surface area contributed by atoms with Crippen LogP contribution in [0.25, 0.3) is 0 Å². The van der Waals surface area contributed by atoms with Crippen LogP contribution in [-0.2, 0) is 0 Å². The highest BCUT2D eigenvalue weighted by atomic mass is 14.9. The second-order valence-electron chi connectivity index (χ2n) is 6.76. The van der Waals surface area contributed by atoms with Gasteiger partial charge in [0.15, 0.2) is 7.85 Å². The van der Waals surface area contributed by atoms with E-state index < -0.39 is 0 Å². The van der Waals surface area contributed by atoms with Crippen LogP contribution in [0.3, 0.4) is 0 Å². The Balaban J connectivity index is 1.76. The van der Waals surface area contributed by atoms with E-state index in [2.05, 4.69) is 35.4 Å². The molecule has 22 heavy (non-hydrogen) atoms. The lowest BCUT2D eigenvalue weighted by molar-refractivity contribution is 0.401. The molecule has 0 heterocycles. The fraction of sp³-hybridized carbons (Fsp3) is 0.526. The third-order valence-electron chi connectivity index (χ3n) is 4.91. The lowest BCUT2D eigenvalue weighted by Crippen LogP contribution is -2.23. The molecule has 0 saturated heterocycles. The first-order valence-electron chi connectivity index (χ1n) is 8.70. The van der Waals surface area contributed by atoms with Crippen molar-refractivity contribution in [2.45, 2.75) is 57.4 Å². The van der Waals surface area contributed by atoms with Crippen molar-refractivity contribution in [1.29, 1.82) is 5.41 Å². The number of anilines is 1. The molecule has 0 aliphatic heterocycles. The minimum absolute atomic E-state index is 0.568. The van der Waals surface area contributed by atoms with Crippen molar-refractivity contribution < 1.29 is 0 Å². The van der Waals surface area contributed by atoms with Crippen molar-refractivity contribution in [1.82, 2.24) is 0 Å². The number of benzene rings is 1. The molecule has 0 spiro atoms. The normalized spacial score (nSPS) is 18.9. The molecule has 114 valence electrons. The maximum absolute atomic E-state index is 8.07. The standard InChI is InChI=1S/C19H25BN2/c20-19(21)17-13-15(10-9-14-5-4-6-14)11-12-18(17)22-16-7-2-1-3-8-16/h11-14,16,21-22H,1-8,20H2. The van der Waals surface area contributed by atoms with Gasteiger partial charge < -0.3 is 10.7 Å². The predicted octanol–water partition coefficient (Wildman–Crippen LogP) is 3.54. The van der Waals surface area contributed by atoms with Crippen LogP contribution in [0, 0.1) is 23.2 Å². The summed E-state index contributed by atoms with van der Waals surface area (Å²) in [6.45, 7) is 0.